The number of amides is 2. The number of nitrogens with zero attached hydrogens (tertiary/aromatic N) is 4. The number of aromatic nitrogens is 2. The van der Waals surface area contributed by atoms with Crippen molar-refractivity contribution in [3.8, 4) is 17.1 Å². The van der Waals surface area contributed by atoms with Crippen LogP contribution in [0.4, 0.5) is 16.2 Å². The zero-order valence-corrected chi connectivity index (χ0v) is 27.8. The number of imidazole rings is 1. The number of likely N-dealkylation sites (tertiary alicyclic amines) is 1. The van der Waals surface area contributed by atoms with Crippen LogP contribution in [-0.4, -0.2) is 97.2 Å². The average Bonchev–Trinajstić information content (AvgIpc) is 3.73. The first-order valence-corrected chi connectivity index (χ1v) is 16.9. The van der Waals surface area contributed by atoms with Gasteiger partial charge in [0.05, 0.1) is 24.4 Å². The molecule has 1 aromatic heterocycles. The number of anilines is 2. The number of benzene rings is 3. The maximum atomic E-state index is 12.8. The molecule has 0 radical (unpaired) electrons. The van der Waals surface area contributed by atoms with Crippen LogP contribution in [-0.2, 0) is 14.9 Å². The fourth-order valence-electron chi connectivity index (χ4n) is 6.72. The standard InChI is InChI=1S/C37H46N6O4/c1-36(2,3)28-9-7-27(8-10-28)34-39-31-5-4-6-32(33(31)40-34)42-21-19-41(20-22-42)23-24-45-30-13-11-29(12-14-30)38-35(44)43-17-15-37(16-18-43)46-25-26-47-37/h4-14H,15-26H2,1-3H3,(H,38,44)(H,39,40). The summed E-state index contributed by atoms with van der Waals surface area (Å²) in [4.78, 5) is 28.1. The van der Waals surface area contributed by atoms with Crippen molar-refractivity contribution in [3.05, 3.63) is 72.3 Å². The van der Waals surface area contributed by atoms with Gasteiger partial charge in [0.1, 0.15) is 23.7 Å². The van der Waals surface area contributed by atoms with Crippen LogP contribution in [0.3, 0.4) is 0 Å². The van der Waals surface area contributed by atoms with Crippen LogP contribution in [0.25, 0.3) is 22.4 Å². The Labute approximate surface area is 277 Å². The van der Waals surface area contributed by atoms with E-state index in [2.05, 4.69) is 83.3 Å². The number of carbonyl (C=O) groups is 1. The van der Waals surface area contributed by atoms with E-state index < -0.39 is 5.79 Å². The number of urea groups is 1. The summed E-state index contributed by atoms with van der Waals surface area (Å²) < 4.78 is 17.6. The average molecular weight is 639 g/mol. The van der Waals surface area contributed by atoms with Gasteiger partial charge in [0, 0.05) is 69.9 Å². The highest BCUT2D eigenvalue weighted by atomic mass is 16.7. The SMILES string of the molecule is CC(C)(C)c1ccc(-c2nc3c(N4CCN(CCOc5ccc(NC(=O)N6CCC7(CC6)OCCO7)cc5)CC4)cccc3[nH]2)cc1. The van der Waals surface area contributed by atoms with Gasteiger partial charge in [-0.15, -0.1) is 0 Å². The van der Waals surface area contributed by atoms with Gasteiger partial charge < -0.3 is 34.3 Å². The quantitative estimate of drug-likeness (QED) is 0.253. The van der Waals surface area contributed by atoms with E-state index in [0.29, 0.717) is 45.8 Å². The molecule has 3 fully saturated rings. The third-order valence-corrected chi connectivity index (χ3v) is 9.64. The molecule has 2 amide bonds. The monoisotopic (exact) mass is 638 g/mol. The molecule has 248 valence electrons. The highest BCUT2D eigenvalue weighted by Gasteiger charge is 2.40. The Hall–Kier alpha value is -4.12. The smallest absolute Gasteiger partial charge is 0.321 e. The minimum Gasteiger partial charge on any atom is -0.492 e. The number of rotatable bonds is 7. The first kappa shape index (κ1) is 31.5. The van der Waals surface area contributed by atoms with Gasteiger partial charge in [-0.3, -0.25) is 4.90 Å². The molecule has 3 aliphatic rings. The van der Waals surface area contributed by atoms with E-state index in [1.807, 2.05) is 29.2 Å². The molecule has 1 spiro atoms. The largest absolute Gasteiger partial charge is 0.492 e. The summed E-state index contributed by atoms with van der Waals surface area (Å²) >= 11 is 0. The van der Waals surface area contributed by atoms with E-state index in [-0.39, 0.29) is 11.4 Å². The maximum Gasteiger partial charge on any atom is 0.321 e. The fraction of sp³-hybridized carbons (Fsp3) is 0.459. The molecule has 10 heteroatoms. The van der Waals surface area contributed by atoms with Crippen molar-refractivity contribution >= 4 is 28.4 Å². The van der Waals surface area contributed by atoms with Crippen LogP contribution >= 0.6 is 0 Å². The van der Waals surface area contributed by atoms with Gasteiger partial charge >= 0.3 is 6.03 Å². The molecule has 7 rings (SSSR count). The summed E-state index contributed by atoms with van der Waals surface area (Å²) in [5.41, 5.74) is 6.57. The second-order valence-corrected chi connectivity index (χ2v) is 13.8. The Balaban J connectivity index is 0.866. The number of fused-ring (bicyclic) bond motifs is 1. The highest BCUT2D eigenvalue weighted by molar-refractivity contribution is 5.91. The summed E-state index contributed by atoms with van der Waals surface area (Å²) in [7, 11) is 0. The number of piperazine rings is 1. The molecule has 0 saturated carbocycles. The number of hydrogen-bond acceptors (Lipinski definition) is 7. The van der Waals surface area contributed by atoms with E-state index in [1.165, 1.54) is 11.3 Å². The van der Waals surface area contributed by atoms with E-state index in [4.69, 9.17) is 19.2 Å². The lowest BCUT2D eigenvalue weighted by molar-refractivity contribution is -0.181. The van der Waals surface area contributed by atoms with Gasteiger partial charge in [0.2, 0.25) is 0 Å². The lowest BCUT2D eigenvalue weighted by atomic mass is 9.87. The summed E-state index contributed by atoms with van der Waals surface area (Å²) in [6, 6.07) is 22.7. The Morgan fingerprint density at radius 3 is 2.30 bits per heavy atom. The van der Waals surface area contributed by atoms with Crippen LogP contribution < -0.4 is 15.0 Å². The minimum absolute atomic E-state index is 0.0967. The molecule has 4 aromatic rings. The number of para-hydroxylation sites is 1. The minimum atomic E-state index is -0.483. The van der Waals surface area contributed by atoms with Crippen molar-refractivity contribution < 1.29 is 19.0 Å². The molecule has 47 heavy (non-hydrogen) atoms. The molecule has 4 heterocycles. The molecule has 3 aliphatic heterocycles. The highest BCUT2D eigenvalue weighted by Crippen LogP contribution is 2.32. The number of H-pyrrole nitrogens is 1. The molecule has 10 nitrogen and oxygen atoms in total. The molecule has 0 unspecified atom stereocenters. The molecule has 2 N–H and O–H groups in total. The predicted molar refractivity (Wildman–Crippen MR) is 185 cm³/mol. The second-order valence-electron chi connectivity index (χ2n) is 13.8. The molecular formula is C37H46N6O4. The summed E-state index contributed by atoms with van der Waals surface area (Å²) in [6.07, 6.45) is 1.41. The Morgan fingerprint density at radius 2 is 1.62 bits per heavy atom. The Kier molecular flexibility index (Phi) is 8.83. The number of carbonyl (C=O) groups excluding carboxylic acids is 1. The summed E-state index contributed by atoms with van der Waals surface area (Å²) in [5, 5.41) is 3.00. The van der Waals surface area contributed by atoms with Crippen LogP contribution in [0.5, 0.6) is 5.75 Å². The normalized spacial score (nSPS) is 18.6. The van der Waals surface area contributed by atoms with Crippen LogP contribution in [0.2, 0.25) is 0 Å². The third-order valence-electron chi connectivity index (χ3n) is 9.64. The maximum absolute atomic E-state index is 12.8. The first-order chi connectivity index (χ1) is 22.7. The van der Waals surface area contributed by atoms with Gasteiger partial charge in [-0.1, -0.05) is 51.1 Å². The Bertz CT molecular complexity index is 1660. The summed E-state index contributed by atoms with van der Waals surface area (Å²) in [6.45, 7) is 14.5. The number of piperidine rings is 1. The second kappa shape index (κ2) is 13.2. The Morgan fingerprint density at radius 1 is 0.915 bits per heavy atom. The number of ether oxygens (including phenoxy) is 3. The lowest BCUT2D eigenvalue weighted by Crippen LogP contribution is -2.48. The summed E-state index contributed by atoms with van der Waals surface area (Å²) in [5.74, 6) is 1.22. The number of nitrogens with one attached hydrogen (secondary N) is 2. The van der Waals surface area contributed by atoms with Crippen molar-refractivity contribution in [2.75, 3.05) is 75.9 Å². The van der Waals surface area contributed by atoms with Crippen molar-refractivity contribution in [2.24, 2.45) is 0 Å². The van der Waals surface area contributed by atoms with Gasteiger partial charge in [-0.25, -0.2) is 9.78 Å². The number of aromatic amines is 1. The fourth-order valence-corrected chi connectivity index (χ4v) is 6.72. The zero-order chi connectivity index (χ0) is 32.4. The molecule has 3 saturated heterocycles. The van der Waals surface area contributed by atoms with E-state index in [1.54, 1.807) is 0 Å². The topological polar surface area (TPSA) is 95.2 Å². The van der Waals surface area contributed by atoms with E-state index in [9.17, 15) is 4.79 Å². The van der Waals surface area contributed by atoms with Gasteiger partial charge in [-0.2, -0.15) is 0 Å². The lowest BCUT2D eigenvalue weighted by Gasteiger charge is -2.37. The van der Waals surface area contributed by atoms with E-state index >= 15 is 0 Å². The van der Waals surface area contributed by atoms with Gasteiger partial charge in [0.15, 0.2) is 5.79 Å². The number of hydrogen-bond donors (Lipinski definition) is 2. The first-order valence-electron chi connectivity index (χ1n) is 16.9. The molecule has 0 bridgehead atoms. The van der Waals surface area contributed by atoms with Gasteiger partial charge in [0.25, 0.3) is 0 Å². The third kappa shape index (κ3) is 7.10. The van der Waals surface area contributed by atoms with Crippen molar-refractivity contribution in [3.63, 3.8) is 0 Å². The molecular weight excluding hydrogens is 592 g/mol. The van der Waals surface area contributed by atoms with Crippen LogP contribution in [0.1, 0.15) is 39.2 Å². The van der Waals surface area contributed by atoms with Crippen LogP contribution in [0.15, 0.2) is 66.7 Å². The molecule has 0 aliphatic carbocycles. The van der Waals surface area contributed by atoms with Crippen molar-refractivity contribution in [2.45, 2.75) is 44.8 Å². The van der Waals surface area contributed by atoms with Crippen LogP contribution in [0, 0.1) is 0 Å². The molecule has 0 atom stereocenters. The van der Waals surface area contributed by atoms with Crippen molar-refractivity contribution in [1.29, 1.82) is 0 Å². The molecule has 3 aromatic carbocycles. The van der Waals surface area contributed by atoms with Crippen molar-refractivity contribution in [1.82, 2.24) is 19.8 Å². The predicted octanol–water partition coefficient (Wildman–Crippen LogP) is 6.10. The van der Waals surface area contributed by atoms with Gasteiger partial charge in [-0.05, 0) is 47.4 Å². The van der Waals surface area contributed by atoms with E-state index in [0.717, 1.165) is 66.6 Å². The zero-order valence-electron chi connectivity index (χ0n) is 27.8.